The number of piperidine rings is 1. The molecular formula is C10H19NOS. The van der Waals surface area contributed by atoms with Crippen LogP contribution in [0.2, 0.25) is 0 Å². The van der Waals surface area contributed by atoms with Crippen LogP contribution in [0, 0.1) is 0 Å². The van der Waals surface area contributed by atoms with E-state index in [1.165, 1.54) is 0 Å². The fraction of sp³-hybridized carbons (Fsp3) is 0.800. The molecule has 1 atom stereocenters. The van der Waals surface area contributed by atoms with Crippen LogP contribution in [0.3, 0.4) is 0 Å². The van der Waals surface area contributed by atoms with E-state index in [-0.39, 0.29) is 0 Å². The van der Waals surface area contributed by atoms with E-state index in [2.05, 4.69) is 23.6 Å². The van der Waals surface area contributed by atoms with Crippen molar-refractivity contribution < 1.29 is 5.11 Å². The number of thiol groups is 1. The number of aliphatic hydroxyl groups is 1. The van der Waals surface area contributed by atoms with Crippen molar-refractivity contribution in [3.63, 3.8) is 0 Å². The first-order valence-electron chi connectivity index (χ1n) is 4.85. The number of nitrogens with zero attached hydrogens (tertiary/aromatic N) is 1. The fourth-order valence-electron chi connectivity index (χ4n) is 1.78. The van der Waals surface area contributed by atoms with Crippen molar-refractivity contribution in [2.24, 2.45) is 0 Å². The highest BCUT2D eigenvalue weighted by molar-refractivity contribution is 7.80. The van der Waals surface area contributed by atoms with E-state index in [1.54, 1.807) is 0 Å². The summed E-state index contributed by atoms with van der Waals surface area (Å²) in [5.74, 6) is 0.796. The third-order valence-electron chi connectivity index (χ3n) is 2.39. The van der Waals surface area contributed by atoms with Gasteiger partial charge in [-0.1, -0.05) is 12.2 Å². The molecule has 0 aromatic carbocycles. The zero-order valence-corrected chi connectivity index (χ0v) is 9.13. The van der Waals surface area contributed by atoms with Crippen LogP contribution in [0.15, 0.2) is 12.2 Å². The first kappa shape index (κ1) is 11.1. The molecule has 0 spiro atoms. The first-order valence-corrected chi connectivity index (χ1v) is 5.48. The van der Waals surface area contributed by atoms with E-state index in [0.29, 0.717) is 0 Å². The zero-order chi connectivity index (χ0) is 9.73. The van der Waals surface area contributed by atoms with Gasteiger partial charge in [0, 0.05) is 18.8 Å². The van der Waals surface area contributed by atoms with Gasteiger partial charge in [-0.05, 0) is 26.3 Å². The first-order chi connectivity index (χ1) is 6.14. The molecule has 1 aliphatic rings. The van der Waals surface area contributed by atoms with Crippen molar-refractivity contribution >= 4 is 12.6 Å². The summed E-state index contributed by atoms with van der Waals surface area (Å²) in [5, 5.41) is 9.82. The van der Waals surface area contributed by atoms with Crippen LogP contribution in [-0.2, 0) is 0 Å². The molecule has 1 heterocycles. The summed E-state index contributed by atoms with van der Waals surface area (Å²) in [6.07, 6.45) is 6.20. The van der Waals surface area contributed by atoms with Crippen LogP contribution < -0.4 is 0 Å². The molecule has 0 radical (unpaired) electrons. The molecule has 1 N–H and O–H groups in total. The van der Waals surface area contributed by atoms with Gasteiger partial charge in [-0.25, -0.2) is 0 Å². The summed E-state index contributed by atoms with van der Waals surface area (Å²) in [7, 11) is 0. The van der Waals surface area contributed by atoms with Gasteiger partial charge in [0.05, 0.1) is 5.60 Å². The summed E-state index contributed by atoms with van der Waals surface area (Å²) in [6.45, 7) is 4.76. The van der Waals surface area contributed by atoms with Gasteiger partial charge in [-0.15, -0.1) is 0 Å². The molecule has 0 amide bonds. The monoisotopic (exact) mass is 201 g/mol. The molecule has 0 aromatic heterocycles. The Labute approximate surface area is 86.0 Å². The molecule has 1 fully saturated rings. The van der Waals surface area contributed by atoms with Crippen molar-refractivity contribution in [1.29, 1.82) is 0 Å². The van der Waals surface area contributed by atoms with Gasteiger partial charge in [-0.2, -0.15) is 12.6 Å². The van der Waals surface area contributed by atoms with Gasteiger partial charge in [0.2, 0.25) is 0 Å². The number of likely N-dealkylation sites (tertiary alicyclic amines) is 1. The van der Waals surface area contributed by atoms with Crippen LogP contribution in [0.4, 0.5) is 0 Å². The molecule has 1 saturated heterocycles. The molecule has 0 aliphatic carbocycles. The van der Waals surface area contributed by atoms with E-state index >= 15 is 0 Å². The molecule has 0 aromatic rings. The average Bonchev–Trinajstić information content (AvgIpc) is 2.03. The topological polar surface area (TPSA) is 23.5 Å². The standard InChI is InChI=1S/C10H19NOS/c1-10(12)5-4-7-11(9-10)6-2-3-8-13/h2-3,12-13H,4-9H2,1H3/b3-2+. The Morgan fingerprint density at radius 1 is 1.54 bits per heavy atom. The normalized spacial score (nSPS) is 31.3. The van der Waals surface area contributed by atoms with Crippen molar-refractivity contribution in [3.8, 4) is 0 Å². The average molecular weight is 201 g/mol. The smallest absolute Gasteiger partial charge is 0.0746 e. The predicted molar refractivity (Wildman–Crippen MR) is 59.3 cm³/mol. The Morgan fingerprint density at radius 3 is 2.92 bits per heavy atom. The molecule has 1 rings (SSSR count). The highest BCUT2D eigenvalue weighted by Gasteiger charge is 2.27. The Bertz CT molecular complexity index is 180. The summed E-state index contributed by atoms with van der Waals surface area (Å²) in [5.41, 5.74) is -0.479. The molecule has 0 bridgehead atoms. The van der Waals surface area contributed by atoms with Crippen molar-refractivity contribution in [3.05, 3.63) is 12.2 Å². The van der Waals surface area contributed by atoms with E-state index in [1.807, 2.05) is 13.0 Å². The van der Waals surface area contributed by atoms with Crippen molar-refractivity contribution in [2.45, 2.75) is 25.4 Å². The Kier molecular flexibility index (Phi) is 4.29. The lowest BCUT2D eigenvalue weighted by atomic mass is 9.95. The minimum absolute atomic E-state index is 0.479. The molecule has 1 unspecified atom stereocenters. The third-order valence-corrected chi connectivity index (χ3v) is 2.60. The molecule has 76 valence electrons. The van der Waals surface area contributed by atoms with Gasteiger partial charge in [0.15, 0.2) is 0 Å². The quantitative estimate of drug-likeness (QED) is 0.531. The van der Waals surface area contributed by atoms with Crippen molar-refractivity contribution in [1.82, 2.24) is 4.90 Å². The fourth-order valence-corrected chi connectivity index (χ4v) is 1.93. The molecule has 13 heavy (non-hydrogen) atoms. The van der Waals surface area contributed by atoms with Crippen LogP contribution in [0.5, 0.6) is 0 Å². The largest absolute Gasteiger partial charge is 0.389 e. The Balaban J connectivity index is 2.30. The van der Waals surface area contributed by atoms with Crippen LogP contribution in [-0.4, -0.2) is 41.0 Å². The van der Waals surface area contributed by atoms with E-state index in [9.17, 15) is 5.11 Å². The molecule has 1 aliphatic heterocycles. The van der Waals surface area contributed by atoms with E-state index in [4.69, 9.17) is 0 Å². The maximum absolute atomic E-state index is 9.82. The highest BCUT2D eigenvalue weighted by atomic mass is 32.1. The van der Waals surface area contributed by atoms with Gasteiger partial charge < -0.3 is 5.11 Å². The van der Waals surface area contributed by atoms with Crippen LogP contribution >= 0.6 is 12.6 Å². The summed E-state index contributed by atoms with van der Waals surface area (Å²) < 4.78 is 0. The van der Waals surface area contributed by atoms with Gasteiger partial charge in [0.1, 0.15) is 0 Å². The van der Waals surface area contributed by atoms with Gasteiger partial charge in [-0.3, -0.25) is 4.90 Å². The predicted octanol–water partition coefficient (Wildman–Crippen LogP) is 1.32. The minimum Gasteiger partial charge on any atom is -0.389 e. The van der Waals surface area contributed by atoms with Crippen molar-refractivity contribution in [2.75, 3.05) is 25.4 Å². The third kappa shape index (κ3) is 4.16. The Hall–Kier alpha value is 0.01000. The lowest BCUT2D eigenvalue weighted by Crippen LogP contribution is -2.45. The van der Waals surface area contributed by atoms with Gasteiger partial charge in [0.25, 0.3) is 0 Å². The van der Waals surface area contributed by atoms with Crippen LogP contribution in [0.1, 0.15) is 19.8 Å². The second-order valence-electron chi connectivity index (χ2n) is 3.99. The van der Waals surface area contributed by atoms with E-state index in [0.717, 1.165) is 38.2 Å². The lowest BCUT2D eigenvalue weighted by Gasteiger charge is -2.36. The zero-order valence-electron chi connectivity index (χ0n) is 8.24. The molecule has 3 heteroatoms. The molecule has 2 nitrogen and oxygen atoms in total. The van der Waals surface area contributed by atoms with E-state index < -0.39 is 5.60 Å². The molecular weight excluding hydrogens is 182 g/mol. The Morgan fingerprint density at radius 2 is 2.31 bits per heavy atom. The number of hydrogen-bond donors (Lipinski definition) is 2. The lowest BCUT2D eigenvalue weighted by molar-refractivity contribution is -0.0116. The maximum atomic E-state index is 9.82. The SMILES string of the molecule is CC1(O)CCCN(C/C=C/CS)C1. The summed E-state index contributed by atoms with van der Waals surface area (Å²) >= 11 is 4.10. The number of β-amino-alcohol motifs (C(OH)–C–C–N with tert-alkyl or cyclic N) is 1. The second kappa shape index (κ2) is 5.03. The number of hydrogen-bond acceptors (Lipinski definition) is 3. The summed E-state index contributed by atoms with van der Waals surface area (Å²) in [6, 6.07) is 0. The van der Waals surface area contributed by atoms with Gasteiger partial charge >= 0.3 is 0 Å². The summed E-state index contributed by atoms with van der Waals surface area (Å²) in [4.78, 5) is 2.28. The second-order valence-corrected chi connectivity index (χ2v) is 4.35. The number of rotatable bonds is 3. The van der Waals surface area contributed by atoms with Crippen LogP contribution in [0.25, 0.3) is 0 Å². The highest BCUT2D eigenvalue weighted by Crippen LogP contribution is 2.19. The maximum Gasteiger partial charge on any atom is 0.0746 e. The minimum atomic E-state index is -0.479. The molecule has 0 saturated carbocycles.